The van der Waals surface area contributed by atoms with E-state index in [4.69, 9.17) is 10.2 Å². The first-order chi connectivity index (χ1) is 14.1. The number of fused-ring (bicyclic) bond motifs is 1. The highest BCUT2D eigenvalue weighted by molar-refractivity contribution is 5.61. The summed E-state index contributed by atoms with van der Waals surface area (Å²) in [6.45, 7) is 0.688. The zero-order valence-electron chi connectivity index (χ0n) is 15.2. The highest BCUT2D eigenvalue weighted by atomic mass is 19.1. The molecule has 3 aromatic heterocycles. The fraction of sp³-hybridized carbons (Fsp3) is 0.200. The van der Waals surface area contributed by atoms with Gasteiger partial charge in [0.15, 0.2) is 5.65 Å². The molecular weight excluding hydrogens is 376 g/mol. The Morgan fingerprint density at radius 1 is 1.14 bits per heavy atom. The molecule has 4 aromatic rings. The molecule has 1 aliphatic heterocycles. The summed E-state index contributed by atoms with van der Waals surface area (Å²) in [7, 11) is 0. The van der Waals surface area contributed by atoms with E-state index in [-0.39, 0.29) is 6.04 Å². The number of halogens is 2. The minimum atomic E-state index is -0.457. The Balaban J connectivity index is 1.57. The van der Waals surface area contributed by atoms with E-state index in [9.17, 15) is 8.78 Å². The van der Waals surface area contributed by atoms with Crippen molar-refractivity contribution in [1.82, 2.24) is 24.4 Å². The van der Waals surface area contributed by atoms with Crippen LogP contribution < -0.4 is 4.90 Å². The summed E-state index contributed by atoms with van der Waals surface area (Å²) in [6.07, 6.45) is 8.03. The molecule has 1 aliphatic rings. The molecule has 1 aromatic carbocycles. The van der Waals surface area contributed by atoms with E-state index in [0.717, 1.165) is 18.6 Å². The second kappa shape index (κ2) is 6.67. The van der Waals surface area contributed by atoms with Crippen molar-refractivity contribution >= 4 is 11.5 Å². The van der Waals surface area contributed by atoms with Crippen LogP contribution in [0.3, 0.4) is 0 Å². The summed E-state index contributed by atoms with van der Waals surface area (Å²) < 4.78 is 31.3. The second-order valence-corrected chi connectivity index (χ2v) is 6.89. The van der Waals surface area contributed by atoms with Gasteiger partial charge in [-0.2, -0.15) is 15.5 Å². The Hall–Kier alpha value is -3.80. The molecule has 4 heterocycles. The third-order valence-corrected chi connectivity index (χ3v) is 5.16. The average molecular weight is 391 g/mol. The third kappa shape index (κ3) is 2.89. The van der Waals surface area contributed by atoms with Crippen LogP contribution in [-0.2, 0) is 0 Å². The number of nitrogens with zero attached hydrogens (tertiary/aromatic N) is 7. The maximum Gasteiger partial charge on any atom is 0.183 e. The monoisotopic (exact) mass is 391 g/mol. The van der Waals surface area contributed by atoms with Crippen LogP contribution in [0.25, 0.3) is 11.3 Å². The van der Waals surface area contributed by atoms with Crippen LogP contribution in [-0.4, -0.2) is 30.9 Å². The van der Waals surface area contributed by atoms with E-state index in [2.05, 4.69) is 10.2 Å². The third-order valence-electron chi connectivity index (χ3n) is 5.16. The molecule has 0 N–H and O–H groups in total. The predicted octanol–water partition coefficient (Wildman–Crippen LogP) is 3.41. The average Bonchev–Trinajstić information content (AvgIpc) is 3.47. The summed E-state index contributed by atoms with van der Waals surface area (Å²) in [5, 5.41) is 17.5. The normalized spacial score (nSPS) is 16.4. The van der Waals surface area contributed by atoms with E-state index in [1.807, 2.05) is 17.0 Å². The minimum Gasteiger partial charge on any atom is -0.349 e. The number of anilines is 1. The van der Waals surface area contributed by atoms with E-state index in [0.29, 0.717) is 41.2 Å². The predicted molar refractivity (Wildman–Crippen MR) is 101 cm³/mol. The van der Waals surface area contributed by atoms with Gasteiger partial charge in [0.1, 0.15) is 29.2 Å². The Kier molecular flexibility index (Phi) is 3.98. The molecule has 0 amide bonds. The molecule has 5 rings (SSSR count). The smallest absolute Gasteiger partial charge is 0.183 e. The molecule has 0 aliphatic carbocycles. The molecule has 9 heteroatoms. The van der Waals surface area contributed by atoms with Gasteiger partial charge in [0, 0.05) is 24.5 Å². The van der Waals surface area contributed by atoms with Crippen LogP contribution in [0, 0.1) is 23.0 Å². The van der Waals surface area contributed by atoms with Gasteiger partial charge >= 0.3 is 0 Å². The number of hydrogen-bond donors (Lipinski definition) is 0. The number of aromatic nitrogens is 5. The van der Waals surface area contributed by atoms with Crippen molar-refractivity contribution in [2.24, 2.45) is 0 Å². The van der Waals surface area contributed by atoms with Gasteiger partial charge < -0.3 is 4.90 Å². The number of hydrogen-bond acceptors (Lipinski definition) is 5. The second-order valence-electron chi connectivity index (χ2n) is 6.89. The van der Waals surface area contributed by atoms with Crippen LogP contribution in [0.15, 0.2) is 49.1 Å². The van der Waals surface area contributed by atoms with Crippen molar-refractivity contribution in [2.45, 2.75) is 18.9 Å². The van der Waals surface area contributed by atoms with Gasteiger partial charge in [-0.25, -0.2) is 23.0 Å². The van der Waals surface area contributed by atoms with Crippen LogP contribution in [0.2, 0.25) is 0 Å². The lowest BCUT2D eigenvalue weighted by Crippen LogP contribution is -2.24. The fourth-order valence-electron chi connectivity index (χ4n) is 3.82. The van der Waals surface area contributed by atoms with E-state index in [1.54, 1.807) is 27.8 Å². The van der Waals surface area contributed by atoms with Crippen molar-refractivity contribution in [1.29, 1.82) is 5.26 Å². The summed E-state index contributed by atoms with van der Waals surface area (Å²) in [5.41, 5.74) is 1.95. The minimum absolute atomic E-state index is 0.290. The topological polar surface area (TPSA) is 75.0 Å². The SMILES string of the molecule is N#Cc1cnn(-c2cnn3ccc(N4CCCC4c4cc(F)ccc4F)nc23)c1. The standard InChI is InChI=1S/C20H15F2N7/c21-14-3-4-16(22)15(8-14)17-2-1-6-27(17)19-5-7-28-20(26-19)18(11-25-28)29-12-13(9-23)10-24-29/h3-5,7-8,10-12,17H,1-2,6H2. The largest absolute Gasteiger partial charge is 0.349 e. The molecule has 1 saturated heterocycles. The summed E-state index contributed by atoms with van der Waals surface area (Å²) >= 11 is 0. The number of rotatable bonds is 3. The lowest BCUT2D eigenvalue weighted by Gasteiger charge is -2.26. The maximum absolute atomic E-state index is 14.4. The molecule has 0 spiro atoms. The first-order valence-electron chi connectivity index (χ1n) is 9.15. The Morgan fingerprint density at radius 2 is 2.03 bits per heavy atom. The van der Waals surface area contributed by atoms with Gasteiger partial charge in [0.05, 0.1) is 24.0 Å². The van der Waals surface area contributed by atoms with E-state index < -0.39 is 11.6 Å². The molecular formula is C20H15F2N7. The Labute approximate surface area is 164 Å². The molecule has 29 heavy (non-hydrogen) atoms. The lowest BCUT2D eigenvalue weighted by molar-refractivity contribution is 0.560. The van der Waals surface area contributed by atoms with Gasteiger partial charge in [-0.15, -0.1) is 0 Å². The van der Waals surface area contributed by atoms with Crippen molar-refractivity contribution < 1.29 is 8.78 Å². The van der Waals surface area contributed by atoms with E-state index >= 15 is 0 Å². The lowest BCUT2D eigenvalue weighted by atomic mass is 10.0. The van der Waals surface area contributed by atoms with Crippen molar-refractivity contribution in [3.8, 4) is 11.8 Å². The molecule has 1 atom stereocenters. The summed E-state index contributed by atoms with van der Waals surface area (Å²) in [5.74, 6) is -0.227. The van der Waals surface area contributed by atoms with Crippen LogP contribution in [0.5, 0.6) is 0 Å². The van der Waals surface area contributed by atoms with Gasteiger partial charge in [0.2, 0.25) is 0 Å². The Morgan fingerprint density at radius 3 is 2.86 bits per heavy atom. The first kappa shape index (κ1) is 17.3. The highest BCUT2D eigenvalue weighted by Crippen LogP contribution is 2.37. The maximum atomic E-state index is 14.4. The Bertz CT molecular complexity index is 1250. The van der Waals surface area contributed by atoms with Gasteiger partial charge in [-0.05, 0) is 37.1 Å². The summed E-state index contributed by atoms with van der Waals surface area (Å²) in [6, 6.07) is 7.11. The molecule has 1 unspecified atom stereocenters. The van der Waals surface area contributed by atoms with E-state index in [1.165, 1.54) is 12.3 Å². The fourth-order valence-corrected chi connectivity index (χ4v) is 3.82. The van der Waals surface area contributed by atoms with Crippen molar-refractivity contribution in [2.75, 3.05) is 11.4 Å². The van der Waals surface area contributed by atoms with Crippen molar-refractivity contribution in [3.05, 3.63) is 71.8 Å². The van der Waals surface area contributed by atoms with Crippen LogP contribution in [0.1, 0.15) is 30.0 Å². The number of nitriles is 1. The molecule has 0 bridgehead atoms. The van der Waals surface area contributed by atoms with Crippen molar-refractivity contribution in [3.63, 3.8) is 0 Å². The molecule has 7 nitrogen and oxygen atoms in total. The van der Waals surface area contributed by atoms with Gasteiger partial charge in [-0.3, -0.25) is 0 Å². The zero-order valence-corrected chi connectivity index (χ0v) is 15.2. The van der Waals surface area contributed by atoms with Gasteiger partial charge in [0.25, 0.3) is 0 Å². The van der Waals surface area contributed by atoms with Gasteiger partial charge in [-0.1, -0.05) is 0 Å². The number of benzene rings is 1. The summed E-state index contributed by atoms with van der Waals surface area (Å²) in [4.78, 5) is 6.71. The van der Waals surface area contributed by atoms with Crippen LogP contribution >= 0.6 is 0 Å². The first-order valence-corrected chi connectivity index (χ1v) is 9.15. The molecule has 0 radical (unpaired) electrons. The van der Waals surface area contributed by atoms with Crippen LogP contribution in [0.4, 0.5) is 14.6 Å². The zero-order chi connectivity index (χ0) is 20.0. The molecule has 1 fully saturated rings. The molecule has 0 saturated carbocycles. The quantitative estimate of drug-likeness (QED) is 0.535. The molecule has 144 valence electrons. The highest BCUT2D eigenvalue weighted by Gasteiger charge is 2.30.